The molecule has 0 fully saturated rings. The fraction of sp³-hybridized carbons (Fsp3) is 0.250. The van der Waals surface area contributed by atoms with Gasteiger partial charge < -0.3 is 15.2 Å². The second-order valence-corrected chi connectivity index (χ2v) is 5.63. The molecule has 0 aliphatic rings. The summed E-state index contributed by atoms with van der Waals surface area (Å²) < 4.78 is 12.1. The monoisotopic (exact) mass is 335 g/mol. The predicted octanol–water partition coefficient (Wildman–Crippen LogP) is 4.14. The summed E-state index contributed by atoms with van der Waals surface area (Å²) in [4.78, 5) is 0. The molecule has 2 rings (SSSR count). The number of halogens is 1. The smallest absolute Gasteiger partial charge is 0.131 e. The third-order valence-electron chi connectivity index (χ3n) is 2.86. The van der Waals surface area contributed by atoms with Crippen LogP contribution in [-0.2, 0) is 6.42 Å². The average molecular weight is 336 g/mol. The zero-order valence-electron chi connectivity index (χ0n) is 11.6. The van der Waals surface area contributed by atoms with Gasteiger partial charge in [-0.2, -0.15) is 0 Å². The standard InChI is InChI=1S/C16H18BrNO2/c1-11(18)9-12-3-4-13(17)10-16(12)20-15-7-5-14(19-2)6-8-15/h3-8,10-11H,9,18H2,1-2H3. The highest BCUT2D eigenvalue weighted by Crippen LogP contribution is 2.30. The van der Waals surface area contributed by atoms with Crippen LogP contribution in [0.1, 0.15) is 12.5 Å². The Bertz CT molecular complexity index is 567. The summed E-state index contributed by atoms with van der Waals surface area (Å²) in [6.07, 6.45) is 0.777. The lowest BCUT2D eigenvalue weighted by atomic mass is 10.1. The SMILES string of the molecule is COc1ccc(Oc2cc(Br)ccc2CC(C)N)cc1. The van der Waals surface area contributed by atoms with Crippen molar-refractivity contribution in [2.45, 2.75) is 19.4 Å². The molecule has 20 heavy (non-hydrogen) atoms. The van der Waals surface area contributed by atoms with Crippen LogP contribution in [0.15, 0.2) is 46.9 Å². The molecule has 0 amide bonds. The molecule has 2 aromatic rings. The molecule has 0 radical (unpaired) electrons. The lowest BCUT2D eigenvalue weighted by molar-refractivity contribution is 0.412. The minimum absolute atomic E-state index is 0.0920. The third-order valence-corrected chi connectivity index (χ3v) is 3.35. The van der Waals surface area contributed by atoms with Gasteiger partial charge in [-0.25, -0.2) is 0 Å². The average Bonchev–Trinajstić information content (AvgIpc) is 2.42. The first-order valence-corrected chi connectivity index (χ1v) is 7.23. The van der Waals surface area contributed by atoms with Gasteiger partial charge in [0, 0.05) is 10.5 Å². The van der Waals surface area contributed by atoms with Gasteiger partial charge in [0.05, 0.1) is 7.11 Å². The molecule has 1 unspecified atom stereocenters. The summed E-state index contributed by atoms with van der Waals surface area (Å²) in [5, 5.41) is 0. The first-order chi connectivity index (χ1) is 9.58. The van der Waals surface area contributed by atoms with Gasteiger partial charge in [0.1, 0.15) is 17.2 Å². The normalized spacial score (nSPS) is 12.0. The second kappa shape index (κ2) is 6.77. The molecule has 4 heteroatoms. The maximum Gasteiger partial charge on any atom is 0.131 e. The van der Waals surface area contributed by atoms with Gasteiger partial charge in [-0.3, -0.25) is 0 Å². The topological polar surface area (TPSA) is 44.5 Å². The van der Waals surface area contributed by atoms with E-state index < -0.39 is 0 Å². The predicted molar refractivity (Wildman–Crippen MR) is 84.6 cm³/mol. The molecule has 2 N–H and O–H groups in total. The Balaban J connectivity index is 2.24. The van der Waals surface area contributed by atoms with E-state index in [4.69, 9.17) is 15.2 Å². The molecule has 1 atom stereocenters. The van der Waals surface area contributed by atoms with Crippen molar-refractivity contribution in [3.05, 3.63) is 52.5 Å². The maximum atomic E-state index is 5.95. The Hall–Kier alpha value is -1.52. The molecule has 0 bridgehead atoms. The highest BCUT2D eigenvalue weighted by atomic mass is 79.9. The summed E-state index contributed by atoms with van der Waals surface area (Å²) in [5.74, 6) is 2.40. The highest BCUT2D eigenvalue weighted by molar-refractivity contribution is 9.10. The van der Waals surface area contributed by atoms with Crippen molar-refractivity contribution in [1.29, 1.82) is 0 Å². The van der Waals surface area contributed by atoms with E-state index in [1.54, 1.807) is 7.11 Å². The molecular weight excluding hydrogens is 318 g/mol. The van der Waals surface area contributed by atoms with Crippen LogP contribution in [0.4, 0.5) is 0 Å². The zero-order valence-corrected chi connectivity index (χ0v) is 13.2. The number of methoxy groups -OCH3 is 1. The van der Waals surface area contributed by atoms with Crippen molar-refractivity contribution >= 4 is 15.9 Å². The summed E-state index contributed by atoms with van der Waals surface area (Å²) in [6, 6.07) is 13.6. The van der Waals surface area contributed by atoms with Crippen molar-refractivity contribution in [3.8, 4) is 17.2 Å². The molecule has 0 saturated heterocycles. The van der Waals surface area contributed by atoms with Gasteiger partial charge in [-0.15, -0.1) is 0 Å². The van der Waals surface area contributed by atoms with Gasteiger partial charge in [0.2, 0.25) is 0 Å². The molecule has 0 saturated carbocycles. The number of benzene rings is 2. The molecule has 3 nitrogen and oxygen atoms in total. The van der Waals surface area contributed by atoms with Crippen LogP contribution in [0.3, 0.4) is 0 Å². The first kappa shape index (κ1) is 14.9. The Labute approximate surface area is 127 Å². The lowest BCUT2D eigenvalue weighted by Crippen LogP contribution is -2.18. The lowest BCUT2D eigenvalue weighted by Gasteiger charge is -2.13. The fourth-order valence-corrected chi connectivity index (χ4v) is 2.25. The van der Waals surface area contributed by atoms with Crippen molar-refractivity contribution in [2.24, 2.45) is 5.73 Å². The van der Waals surface area contributed by atoms with Crippen molar-refractivity contribution in [2.75, 3.05) is 7.11 Å². The van der Waals surface area contributed by atoms with Crippen molar-refractivity contribution in [3.63, 3.8) is 0 Å². The molecule has 0 aromatic heterocycles. The molecule has 2 aromatic carbocycles. The third kappa shape index (κ3) is 3.99. The number of nitrogens with two attached hydrogens (primary N) is 1. The van der Waals surface area contributed by atoms with Gasteiger partial charge in [0.25, 0.3) is 0 Å². The minimum Gasteiger partial charge on any atom is -0.497 e. The minimum atomic E-state index is 0.0920. The Morgan fingerprint density at radius 3 is 2.35 bits per heavy atom. The van der Waals surface area contributed by atoms with Gasteiger partial charge in [-0.05, 0) is 55.3 Å². The number of ether oxygens (including phenoxy) is 2. The quantitative estimate of drug-likeness (QED) is 0.892. The summed E-state index contributed by atoms with van der Waals surface area (Å²) in [5.41, 5.74) is 6.98. The van der Waals surface area contributed by atoms with E-state index in [-0.39, 0.29) is 6.04 Å². The first-order valence-electron chi connectivity index (χ1n) is 6.44. The largest absolute Gasteiger partial charge is 0.497 e. The van der Waals surface area contributed by atoms with Gasteiger partial charge in [-0.1, -0.05) is 22.0 Å². The molecule has 0 spiro atoms. The van der Waals surface area contributed by atoms with Crippen LogP contribution in [-0.4, -0.2) is 13.2 Å². The van der Waals surface area contributed by atoms with Crippen LogP contribution >= 0.6 is 15.9 Å². The highest BCUT2D eigenvalue weighted by Gasteiger charge is 2.08. The maximum absolute atomic E-state index is 5.95. The van der Waals surface area contributed by atoms with E-state index in [9.17, 15) is 0 Å². The van der Waals surface area contributed by atoms with E-state index in [0.29, 0.717) is 0 Å². The molecule has 0 aliphatic carbocycles. The molecular formula is C16H18BrNO2. The summed E-state index contributed by atoms with van der Waals surface area (Å²) in [7, 11) is 1.64. The van der Waals surface area contributed by atoms with Gasteiger partial charge in [0.15, 0.2) is 0 Å². The van der Waals surface area contributed by atoms with E-state index >= 15 is 0 Å². The van der Waals surface area contributed by atoms with Crippen LogP contribution in [0, 0.1) is 0 Å². The van der Waals surface area contributed by atoms with Crippen LogP contribution in [0.5, 0.6) is 17.2 Å². The Morgan fingerprint density at radius 1 is 1.10 bits per heavy atom. The number of hydrogen-bond acceptors (Lipinski definition) is 3. The molecule has 106 valence electrons. The molecule has 0 aliphatic heterocycles. The van der Waals surface area contributed by atoms with E-state index in [1.807, 2.05) is 49.4 Å². The van der Waals surface area contributed by atoms with E-state index in [1.165, 1.54) is 0 Å². The summed E-state index contributed by atoms with van der Waals surface area (Å²) in [6.45, 7) is 1.99. The Morgan fingerprint density at radius 2 is 1.75 bits per heavy atom. The van der Waals surface area contributed by atoms with Gasteiger partial charge >= 0.3 is 0 Å². The van der Waals surface area contributed by atoms with Crippen LogP contribution in [0.25, 0.3) is 0 Å². The number of hydrogen-bond donors (Lipinski definition) is 1. The number of rotatable bonds is 5. The van der Waals surface area contributed by atoms with E-state index in [0.717, 1.165) is 33.7 Å². The molecule has 0 heterocycles. The Kier molecular flexibility index (Phi) is 5.04. The van der Waals surface area contributed by atoms with Crippen molar-refractivity contribution < 1.29 is 9.47 Å². The zero-order chi connectivity index (χ0) is 14.5. The summed E-state index contributed by atoms with van der Waals surface area (Å²) >= 11 is 3.47. The fourth-order valence-electron chi connectivity index (χ4n) is 1.91. The van der Waals surface area contributed by atoms with Crippen molar-refractivity contribution in [1.82, 2.24) is 0 Å². The van der Waals surface area contributed by atoms with Crippen LogP contribution in [0.2, 0.25) is 0 Å². The van der Waals surface area contributed by atoms with Crippen LogP contribution < -0.4 is 15.2 Å². The van der Waals surface area contributed by atoms with E-state index in [2.05, 4.69) is 15.9 Å². The second-order valence-electron chi connectivity index (χ2n) is 4.71.